The summed E-state index contributed by atoms with van der Waals surface area (Å²) in [5, 5.41) is 28.3. The Hall–Kier alpha value is -4.10. The molecule has 0 saturated carbocycles. The van der Waals surface area contributed by atoms with Gasteiger partial charge in [-0.15, -0.1) is 0 Å². The van der Waals surface area contributed by atoms with Crippen LogP contribution in [0.3, 0.4) is 0 Å². The standard InChI is InChI=1S/C24H22F3N3O7/c25-24(26,27)19-4-2-1-3-17(19)20-7-13-5-6-14(8-18(13)21(33)28-20)30-11-16(37-23(30)36)10-29(22(34)35)9-15(32)12-31/h1-8,15-16,31-32H,9-12H2,(H,28,33)(H,34,35). The van der Waals surface area contributed by atoms with Gasteiger partial charge in [0.05, 0.1) is 37.9 Å². The molecular weight excluding hydrogens is 499 g/mol. The minimum absolute atomic E-state index is 0.0161. The number of carbonyl (C=O) groups is 2. The molecule has 0 aliphatic carbocycles. The van der Waals surface area contributed by atoms with Crippen molar-refractivity contribution >= 4 is 28.6 Å². The summed E-state index contributed by atoms with van der Waals surface area (Å²) in [6, 6.07) is 10.7. The number of amides is 2. The van der Waals surface area contributed by atoms with Crippen molar-refractivity contribution in [3.05, 3.63) is 64.4 Å². The second-order valence-electron chi connectivity index (χ2n) is 8.47. The molecule has 1 saturated heterocycles. The van der Waals surface area contributed by atoms with Gasteiger partial charge in [-0.3, -0.25) is 9.69 Å². The number of cyclic esters (lactones) is 1. The third-order valence-corrected chi connectivity index (χ3v) is 5.87. The Morgan fingerprint density at radius 1 is 1.19 bits per heavy atom. The molecule has 0 radical (unpaired) electrons. The second-order valence-corrected chi connectivity index (χ2v) is 8.47. The first-order valence-electron chi connectivity index (χ1n) is 11.1. The molecule has 0 bridgehead atoms. The van der Waals surface area contributed by atoms with E-state index in [1.165, 1.54) is 47.4 Å². The van der Waals surface area contributed by atoms with Crippen LogP contribution in [0, 0.1) is 0 Å². The lowest BCUT2D eigenvalue weighted by molar-refractivity contribution is -0.137. The number of pyridine rings is 1. The SMILES string of the molecule is O=C(O)N(CC(O)CO)CC1CN(c2ccc3cc(-c4ccccc4C(F)(F)F)[nH]c(=O)c3c2)C(=O)O1. The molecule has 1 aliphatic rings. The Morgan fingerprint density at radius 3 is 2.59 bits per heavy atom. The number of aliphatic hydroxyl groups is 2. The first-order chi connectivity index (χ1) is 17.5. The van der Waals surface area contributed by atoms with E-state index < -0.39 is 48.3 Å². The summed E-state index contributed by atoms with van der Waals surface area (Å²) in [6.45, 7) is -1.34. The summed E-state index contributed by atoms with van der Waals surface area (Å²) in [5.74, 6) is 0. The van der Waals surface area contributed by atoms with Gasteiger partial charge in [0.25, 0.3) is 5.56 Å². The summed E-state index contributed by atoms with van der Waals surface area (Å²) < 4.78 is 45.6. The van der Waals surface area contributed by atoms with E-state index in [0.29, 0.717) is 5.39 Å². The van der Waals surface area contributed by atoms with Gasteiger partial charge in [-0.25, -0.2) is 9.59 Å². The number of ether oxygens (including phenoxy) is 1. The lowest BCUT2D eigenvalue weighted by atomic mass is 10.0. The Balaban J connectivity index is 1.60. The lowest BCUT2D eigenvalue weighted by Crippen LogP contribution is -2.43. The van der Waals surface area contributed by atoms with E-state index >= 15 is 0 Å². The third kappa shape index (κ3) is 5.52. The number of carboxylic acid groups (broad SMARTS) is 1. The molecule has 1 fully saturated rings. The predicted octanol–water partition coefficient (Wildman–Crippen LogP) is 2.87. The molecule has 1 aliphatic heterocycles. The monoisotopic (exact) mass is 521 g/mol. The number of benzene rings is 2. The Morgan fingerprint density at radius 2 is 1.92 bits per heavy atom. The van der Waals surface area contributed by atoms with E-state index in [4.69, 9.17) is 9.84 Å². The van der Waals surface area contributed by atoms with Crippen molar-refractivity contribution in [2.24, 2.45) is 0 Å². The summed E-state index contributed by atoms with van der Waals surface area (Å²) in [7, 11) is 0. The molecule has 3 aromatic rings. The average Bonchev–Trinajstić information content (AvgIpc) is 3.22. The highest BCUT2D eigenvalue weighted by atomic mass is 19.4. The molecule has 2 aromatic carbocycles. The molecule has 2 atom stereocenters. The van der Waals surface area contributed by atoms with Gasteiger partial charge in [-0.1, -0.05) is 24.3 Å². The quantitative estimate of drug-likeness (QED) is 0.374. The van der Waals surface area contributed by atoms with Crippen LogP contribution in [-0.2, 0) is 10.9 Å². The molecule has 196 valence electrons. The predicted molar refractivity (Wildman–Crippen MR) is 125 cm³/mol. The largest absolute Gasteiger partial charge is 0.465 e. The fourth-order valence-electron chi connectivity index (χ4n) is 4.14. The molecule has 1 aromatic heterocycles. The maximum absolute atomic E-state index is 13.4. The van der Waals surface area contributed by atoms with Gasteiger partial charge < -0.3 is 29.9 Å². The molecule has 2 heterocycles. The van der Waals surface area contributed by atoms with Crippen LogP contribution in [0.5, 0.6) is 0 Å². The highest BCUT2D eigenvalue weighted by molar-refractivity contribution is 5.95. The van der Waals surface area contributed by atoms with Crippen LogP contribution in [0.25, 0.3) is 22.0 Å². The van der Waals surface area contributed by atoms with Crippen molar-refractivity contribution in [2.45, 2.75) is 18.4 Å². The van der Waals surface area contributed by atoms with E-state index in [-0.39, 0.29) is 42.0 Å². The molecule has 10 nitrogen and oxygen atoms in total. The highest BCUT2D eigenvalue weighted by Crippen LogP contribution is 2.36. The van der Waals surface area contributed by atoms with Crippen LogP contribution in [-0.4, -0.2) is 75.8 Å². The maximum atomic E-state index is 13.4. The topological polar surface area (TPSA) is 143 Å². The van der Waals surface area contributed by atoms with Crippen molar-refractivity contribution in [1.29, 1.82) is 0 Å². The fourth-order valence-corrected chi connectivity index (χ4v) is 4.14. The summed E-state index contributed by atoms with van der Waals surface area (Å²) in [6.07, 6.45) is -8.97. The van der Waals surface area contributed by atoms with Crippen molar-refractivity contribution in [3.8, 4) is 11.3 Å². The van der Waals surface area contributed by atoms with Crippen LogP contribution >= 0.6 is 0 Å². The van der Waals surface area contributed by atoms with E-state index in [9.17, 15) is 37.8 Å². The minimum Gasteiger partial charge on any atom is -0.465 e. The van der Waals surface area contributed by atoms with Crippen LogP contribution in [0.1, 0.15) is 5.56 Å². The van der Waals surface area contributed by atoms with Crippen molar-refractivity contribution < 1.29 is 42.8 Å². The number of nitrogens with one attached hydrogen (secondary N) is 1. The molecule has 13 heteroatoms. The van der Waals surface area contributed by atoms with E-state index in [1.54, 1.807) is 0 Å². The Bertz CT molecular complexity index is 1390. The Labute approximate surface area is 207 Å². The van der Waals surface area contributed by atoms with Crippen molar-refractivity contribution in [1.82, 2.24) is 9.88 Å². The first-order valence-corrected chi connectivity index (χ1v) is 11.1. The van der Waals surface area contributed by atoms with Crippen molar-refractivity contribution in [3.63, 3.8) is 0 Å². The summed E-state index contributed by atoms with van der Waals surface area (Å²) in [5.41, 5.74) is -1.48. The van der Waals surface area contributed by atoms with Crippen LogP contribution < -0.4 is 10.5 Å². The number of fused-ring (bicyclic) bond motifs is 1. The van der Waals surface area contributed by atoms with Crippen LogP contribution in [0.15, 0.2) is 53.3 Å². The minimum atomic E-state index is -4.62. The third-order valence-electron chi connectivity index (χ3n) is 5.87. The van der Waals surface area contributed by atoms with Gasteiger partial charge >= 0.3 is 18.4 Å². The molecular formula is C24H22F3N3O7. The van der Waals surface area contributed by atoms with Crippen LogP contribution in [0.2, 0.25) is 0 Å². The van der Waals surface area contributed by atoms with Gasteiger partial charge in [0.2, 0.25) is 0 Å². The first kappa shape index (κ1) is 26.0. The number of aromatic nitrogens is 1. The van der Waals surface area contributed by atoms with E-state index in [2.05, 4.69) is 4.98 Å². The fraction of sp³-hybridized carbons (Fsp3) is 0.292. The molecule has 37 heavy (non-hydrogen) atoms. The summed E-state index contributed by atoms with van der Waals surface area (Å²) in [4.78, 5) is 41.2. The number of hydrogen-bond acceptors (Lipinski definition) is 6. The maximum Gasteiger partial charge on any atom is 0.417 e. The smallest absolute Gasteiger partial charge is 0.417 e. The number of aromatic amines is 1. The normalized spacial score (nSPS) is 16.6. The van der Waals surface area contributed by atoms with Crippen LogP contribution in [0.4, 0.5) is 28.4 Å². The second kappa shape index (κ2) is 10.1. The zero-order valence-corrected chi connectivity index (χ0v) is 19.1. The summed E-state index contributed by atoms with van der Waals surface area (Å²) >= 11 is 0. The number of alkyl halides is 3. The highest BCUT2D eigenvalue weighted by Gasteiger charge is 2.36. The van der Waals surface area contributed by atoms with Gasteiger partial charge in [-0.2, -0.15) is 13.2 Å². The molecule has 2 unspecified atom stereocenters. The zero-order valence-electron chi connectivity index (χ0n) is 19.1. The number of hydrogen-bond donors (Lipinski definition) is 4. The van der Waals surface area contributed by atoms with E-state index in [1.807, 2.05) is 0 Å². The van der Waals surface area contributed by atoms with Gasteiger partial charge in [0.15, 0.2) is 0 Å². The number of H-pyrrole nitrogens is 1. The lowest BCUT2D eigenvalue weighted by Gasteiger charge is -2.23. The Kier molecular flexibility index (Phi) is 7.09. The van der Waals surface area contributed by atoms with Gasteiger partial charge in [0, 0.05) is 22.3 Å². The molecule has 2 amide bonds. The van der Waals surface area contributed by atoms with Crippen molar-refractivity contribution in [2.75, 3.05) is 31.1 Å². The molecule has 0 spiro atoms. The zero-order chi connectivity index (χ0) is 26.9. The van der Waals surface area contributed by atoms with E-state index in [0.717, 1.165) is 11.0 Å². The van der Waals surface area contributed by atoms with Gasteiger partial charge in [-0.05, 0) is 29.7 Å². The molecule has 4 N–H and O–H groups in total. The number of nitrogens with zero attached hydrogens (tertiary/aromatic N) is 2. The molecule has 4 rings (SSSR count). The number of halogens is 3. The number of carbonyl (C=O) groups excluding carboxylic acids is 1. The number of rotatable bonds is 7. The number of aliphatic hydroxyl groups excluding tert-OH is 2. The average molecular weight is 521 g/mol. The van der Waals surface area contributed by atoms with Gasteiger partial charge in [0.1, 0.15) is 6.10 Å². The number of anilines is 1.